The van der Waals surface area contributed by atoms with Gasteiger partial charge >= 0.3 is 0 Å². The highest BCUT2D eigenvalue weighted by Crippen LogP contribution is 2.25. The molecule has 1 aromatic heterocycles. The molecule has 0 bridgehead atoms. The Labute approximate surface area is 120 Å². The zero-order valence-corrected chi connectivity index (χ0v) is 12.8. The number of piperidine rings is 1. The van der Waals surface area contributed by atoms with E-state index in [9.17, 15) is 5.11 Å². The topological polar surface area (TPSA) is 41.3 Å². The molecule has 0 radical (unpaired) electrons. The van der Waals surface area contributed by atoms with Gasteiger partial charge in [-0.05, 0) is 25.7 Å². The maximum atomic E-state index is 9.79. The fourth-order valence-corrected chi connectivity index (χ4v) is 3.07. The Bertz CT molecular complexity index is 433. The van der Waals surface area contributed by atoms with Crippen molar-refractivity contribution < 1.29 is 5.11 Å². The minimum atomic E-state index is -0.158. The molecule has 1 aliphatic heterocycles. The number of likely N-dealkylation sites (tertiary alicyclic amines) is 1. The van der Waals surface area contributed by atoms with Crippen molar-refractivity contribution in [3.05, 3.63) is 16.4 Å². The lowest BCUT2D eigenvalue weighted by atomic mass is 9.97. The van der Waals surface area contributed by atoms with Crippen LogP contribution in [0.5, 0.6) is 0 Å². The average Bonchev–Trinajstić information content (AvgIpc) is 2.70. The SMILES string of the molecule is CCc1nn(CC)c(CN2CCC(O)C(C)C2)c1Cl. The van der Waals surface area contributed by atoms with Crippen LogP contribution in [-0.2, 0) is 19.5 Å². The zero-order chi connectivity index (χ0) is 14.0. The number of aryl methyl sites for hydroxylation is 2. The third kappa shape index (κ3) is 3.12. The molecule has 108 valence electrons. The second kappa shape index (κ2) is 6.25. The number of hydrogen-bond acceptors (Lipinski definition) is 3. The van der Waals surface area contributed by atoms with E-state index in [1.807, 2.05) is 4.68 Å². The summed E-state index contributed by atoms with van der Waals surface area (Å²) >= 11 is 6.43. The fourth-order valence-electron chi connectivity index (χ4n) is 2.74. The summed E-state index contributed by atoms with van der Waals surface area (Å²) in [5, 5.41) is 15.2. The lowest BCUT2D eigenvalue weighted by Gasteiger charge is -2.34. The molecule has 2 heterocycles. The van der Waals surface area contributed by atoms with Gasteiger partial charge in [-0.1, -0.05) is 25.4 Å². The van der Waals surface area contributed by atoms with Gasteiger partial charge in [-0.3, -0.25) is 9.58 Å². The van der Waals surface area contributed by atoms with Crippen molar-refractivity contribution in [1.82, 2.24) is 14.7 Å². The van der Waals surface area contributed by atoms with E-state index in [1.54, 1.807) is 0 Å². The van der Waals surface area contributed by atoms with E-state index in [0.29, 0.717) is 5.92 Å². The lowest BCUT2D eigenvalue weighted by Crippen LogP contribution is -2.41. The first kappa shape index (κ1) is 14.8. The molecule has 2 atom stereocenters. The van der Waals surface area contributed by atoms with Gasteiger partial charge in [-0.15, -0.1) is 0 Å². The van der Waals surface area contributed by atoms with Gasteiger partial charge in [-0.2, -0.15) is 5.10 Å². The monoisotopic (exact) mass is 285 g/mol. The second-order valence-electron chi connectivity index (χ2n) is 5.45. The predicted octanol–water partition coefficient (Wildman–Crippen LogP) is 2.32. The summed E-state index contributed by atoms with van der Waals surface area (Å²) in [6.07, 6.45) is 1.56. The van der Waals surface area contributed by atoms with E-state index in [1.165, 1.54) is 0 Å². The molecule has 1 aromatic rings. The molecule has 0 spiro atoms. The summed E-state index contributed by atoms with van der Waals surface area (Å²) in [6, 6.07) is 0. The van der Waals surface area contributed by atoms with Crippen LogP contribution in [0.4, 0.5) is 0 Å². The largest absolute Gasteiger partial charge is 0.393 e. The van der Waals surface area contributed by atoms with Crippen LogP contribution in [0.15, 0.2) is 0 Å². The molecule has 2 rings (SSSR count). The van der Waals surface area contributed by atoms with Gasteiger partial charge in [0.2, 0.25) is 0 Å². The van der Waals surface area contributed by atoms with E-state index in [4.69, 9.17) is 11.6 Å². The number of hydrogen-bond donors (Lipinski definition) is 1. The number of nitrogens with zero attached hydrogens (tertiary/aromatic N) is 3. The van der Waals surface area contributed by atoms with Crippen LogP contribution in [0.2, 0.25) is 5.02 Å². The Morgan fingerprint density at radius 3 is 2.74 bits per heavy atom. The first-order valence-electron chi connectivity index (χ1n) is 7.21. The molecule has 0 aromatic carbocycles. The van der Waals surface area contributed by atoms with Gasteiger partial charge < -0.3 is 5.11 Å². The molecule has 0 aliphatic carbocycles. The van der Waals surface area contributed by atoms with Gasteiger partial charge in [0.05, 0.1) is 22.5 Å². The van der Waals surface area contributed by atoms with E-state index >= 15 is 0 Å². The van der Waals surface area contributed by atoms with Crippen molar-refractivity contribution in [1.29, 1.82) is 0 Å². The number of rotatable bonds is 4. The van der Waals surface area contributed by atoms with Gasteiger partial charge in [-0.25, -0.2) is 0 Å². The minimum absolute atomic E-state index is 0.158. The third-order valence-corrected chi connectivity index (χ3v) is 4.45. The number of aliphatic hydroxyl groups excluding tert-OH is 1. The quantitative estimate of drug-likeness (QED) is 0.923. The van der Waals surface area contributed by atoms with E-state index < -0.39 is 0 Å². The summed E-state index contributed by atoms with van der Waals surface area (Å²) in [5.74, 6) is 0.330. The van der Waals surface area contributed by atoms with E-state index in [0.717, 1.165) is 55.4 Å². The van der Waals surface area contributed by atoms with Crippen molar-refractivity contribution in [2.45, 2.75) is 52.8 Å². The number of aliphatic hydroxyl groups is 1. The van der Waals surface area contributed by atoms with Crippen LogP contribution in [0, 0.1) is 5.92 Å². The Morgan fingerprint density at radius 2 is 2.16 bits per heavy atom. The smallest absolute Gasteiger partial charge is 0.0863 e. The molecule has 19 heavy (non-hydrogen) atoms. The third-order valence-electron chi connectivity index (χ3n) is 4.01. The highest BCUT2D eigenvalue weighted by molar-refractivity contribution is 6.31. The molecule has 0 amide bonds. The number of aromatic nitrogens is 2. The van der Waals surface area contributed by atoms with Gasteiger partial charge in [0.15, 0.2) is 0 Å². The van der Waals surface area contributed by atoms with Crippen LogP contribution < -0.4 is 0 Å². The second-order valence-corrected chi connectivity index (χ2v) is 5.82. The Kier molecular flexibility index (Phi) is 4.87. The maximum absolute atomic E-state index is 9.79. The molecule has 1 fully saturated rings. The Hall–Kier alpha value is -0.580. The van der Waals surface area contributed by atoms with Gasteiger partial charge in [0.25, 0.3) is 0 Å². The highest BCUT2D eigenvalue weighted by atomic mass is 35.5. The summed E-state index contributed by atoms with van der Waals surface area (Å²) in [5.41, 5.74) is 2.10. The van der Waals surface area contributed by atoms with E-state index in [2.05, 4.69) is 30.8 Å². The normalized spacial score (nSPS) is 24.9. The number of halogens is 1. The summed E-state index contributed by atoms with van der Waals surface area (Å²) in [4.78, 5) is 2.37. The lowest BCUT2D eigenvalue weighted by molar-refractivity contribution is 0.0311. The molecule has 5 heteroatoms. The first-order chi connectivity index (χ1) is 9.06. The highest BCUT2D eigenvalue weighted by Gasteiger charge is 2.26. The molecular weight excluding hydrogens is 262 g/mol. The van der Waals surface area contributed by atoms with Gasteiger partial charge in [0.1, 0.15) is 0 Å². The summed E-state index contributed by atoms with van der Waals surface area (Å²) < 4.78 is 2.01. The van der Waals surface area contributed by atoms with Crippen molar-refractivity contribution in [2.75, 3.05) is 13.1 Å². The molecule has 1 N–H and O–H groups in total. The predicted molar refractivity (Wildman–Crippen MR) is 77.4 cm³/mol. The Balaban J connectivity index is 2.12. The zero-order valence-electron chi connectivity index (χ0n) is 12.1. The van der Waals surface area contributed by atoms with Crippen molar-refractivity contribution >= 4 is 11.6 Å². The van der Waals surface area contributed by atoms with E-state index in [-0.39, 0.29) is 6.10 Å². The molecule has 1 saturated heterocycles. The average molecular weight is 286 g/mol. The van der Waals surface area contributed by atoms with Crippen molar-refractivity contribution in [3.8, 4) is 0 Å². The van der Waals surface area contributed by atoms with Crippen molar-refractivity contribution in [3.63, 3.8) is 0 Å². The van der Waals surface area contributed by atoms with Crippen molar-refractivity contribution in [2.24, 2.45) is 5.92 Å². The van der Waals surface area contributed by atoms with Gasteiger partial charge in [0, 0.05) is 26.2 Å². The standard InChI is InChI=1S/C14H24ClN3O/c1-4-11-14(15)12(18(5-2)16-11)9-17-7-6-13(19)10(3)8-17/h10,13,19H,4-9H2,1-3H3. The Morgan fingerprint density at radius 1 is 1.42 bits per heavy atom. The molecule has 2 unspecified atom stereocenters. The van der Waals surface area contributed by atoms with Crippen LogP contribution in [0.1, 0.15) is 38.6 Å². The summed E-state index contributed by atoms with van der Waals surface area (Å²) in [6.45, 7) is 9.81. The fraction of sp³-hybridized carbons (Fsp3) is 0.786. The van der Waals surface area contributed by atoms with Crippen LogP contribution >= 0.6 is 11.6 Å². The molecular formula is C14H24ClN3O. The minimum Gasteiger partial charge on any atom is -0.393 e. The first-order valence-corrected chi connectivity index (χ1v) is 7.59. The van der Waals surface area contributed by atoms with Crippen LogP contribution in [0.25, 0.3) is 0 Å². The maximum Gasteiger partial charge on any atom is 0.0863 e. The summed E-state index contributed by atoms with van der Waals surface area (Å²) in [7, 11) is 0. The molecule has 0 saturated carbocycles. The molecule has 1 aliphatic rings. The molecule has 4 nitrogen and oxygen atoms in total. The van der Waals surface area contributed by atoms with Crippen LogP contribution in [-0.4, -0.2) is 39.0 Å². The van der Waals surface area contributed by atoms with Crippen LogP contribution in [0.3, 0.4) is 0 Å².